The van der Waals surface area contributed by atoms with Gasteiger partial charge in [-0.15, -0.1) is 22.7 Å². The van der Waals surface area contributed by atoms with Gasteiger partial charge in [-0.3, -0.25) is 0 Å². The molecule has 12 rings (SSSR count). The molecule has 0 fully saturated rings. The van der Waals surface area contributed by atoms with Crippen molar-refractivity contribution < 1.29 is 0 Å². The molecule has 0 spiro atoms. The number of hydrogen-bond donors (Lipinski definition) is 0. The highest BCUT2D eigenvalue weighted by molar-refractivity contribution is 7.27. The standard InChI is InChI=1S/C60H40N2S2/c1-5-17-44(18-6-1)61(45-19-7-2-8-20-45)48-35-33-41(34-36-48)49-37-38-50(59-57(49)52-25-13-15-27-55(52)63-59)42-29-31-43(32-30-42)51-39-40-54(58-53-26-14-16-28-56(53)64-60(51)58)62(46-21-9-3-10-22-46)47-23-11-4-12-24-47/h1-40H. The van der Waals surface area contributed by atoms with Gasteiger partial charge in [-0.05, 0) is 112 Å². The van der Waals surface area contributed by atoms with Crippen LogP contribution in [0, 0.1) is 0 Å². The minimum atomic E-state index is 1.12. The van der Waals surface area contributed by atoms with Crippen LogP contribution in [0.25, 0.3) is 73.7 Å². The number of hydrogen-bond acceptors (Lipinski definition) is 4. The van der Waals surface area contributed by atoms with E-state index in [4.69, 9.17) is 0 Å². The Kier molecular flexibility index (Phi) is 9.59. The number of nitrogens with zero attached hydrogens (tertiary/aromatic N) is 2. The van der Waals surface area contributed by atoms with E-state index in [-0.39, 0.29) is 0 Å². The van der Waals surface area contributed by atoms with Gasteiger partial charge >= 0.3 is 0 Å². The van der Waals surface area contributed by atoms with Gasteiger partial charge in [0.2, 0.25) is 0 Å². The molecule has 0 bridgehead atoms. The fraction of sp³-hybridized carbons (Fsp3) is 0. The zero-order chi connectivity index (χ0) is 42.4. The number of benzene rings is 10. The highest BCUT2D eigenvalue weighted by Crippen LogP contribution is 2.49. The summed E-state index contributed by atoms with van der Waals surface area (Å²) in [5.41, 5.74) is 14.2. The predicted octanol–water partition coefficient (Wildman–Crippen LogP) is 18.4. The zero-order valence-electron chi connectivity index (χ0n) is 34.8. The topological polar surface area (TPSA) is 6.48 Å². The molecule has 0 aliphatic heterocycles. The van der Waals surface area contributed by atoms with E-state index in [0.29, 0.717) is 0 Å². The first kappa shape index (κ1) is 38.0. The van der Waals surface area contributed by atoms with E-state index in [1.807, 2.05) is 22.7 Å². The van der Waals surface area contributed by atoms with Gasteiger partial charge in [0.05, 0.1) is 5.69 Å². The van der Waals surface area contributed by atoms with Crippen LogP contribution in [-0.4, -0.2) is 0 Å². The Bertz CT molecular complexity index is 3500. The summed E-state index contributed by atoms with van der Waals surface area (Å²) in [7, 11) is 0. The van der Waals surface area contributed by atoms with Crippen LogP contribution in [-0.2, 0) is 0 Å². The first-order valence-electron chi connectivity index (χ1n) is 21.7. The summed E-state index contributed by atoms with van der Waals surface area (Å²) in [5.74, 6) is 0. The largest absolute Gasteiger partial charge is 0.311 e. The Hall–Kier alpha value is -7.76. The summed E-state index contributed by atoms with van der Waals surface area (Å²) in [6.45, 7) is 0. The third-order valence-corrected chi connectivity index (χ3v) is 14.7. The second kappa shape index (κ2) is 16.2. The van der Waals surface area contributed by atoms with Gasteiger partial charge < -0.3 is 9.80 Å². The molecule has 0 saturated carbocycles. The molecule has 0 N–H and O–H groups in total. The van der Waals surface area contributed by atoms with Gasteiger partial charge in [0.1, 0.15) is 0 Å². The van der Waals surface area contributed by atoms with Crippen LogP contribution < -0.4 is 9.80 Å². The maximum absolute atomic E-state index is 2.40. The van der Waals surface area contributed by atoms with Crippen LogP contribution in [0.2, 0.25) is 0 Å². The molecule has 12 aromatic rings. The van der Waals surface area contributed by atoms with Crippen LogP contribution in [0.3, 0.4) is 0 Å². The molecule has 64 heavy (non-hydrogen) atoms. The van der Waals surface area contributed by atoms with Crippen LogP contribution in [0.4, 0.5) is 34.1 Å². The predicted molar refractivity (Wildman–Crippen MR) is 278 cm³/mol. The monoisotopic (exact) mass is 852 g/mol. The van der Waals surface area contributed by atoms with E-state index < -0.39 is 0 Å². The molecule has 10 aromatic carbocycles. The van der Waals surface area contributed by atoms with Crippen LogP contribution >= 0.6 is 22.7 Å². The second-order valence-corrected chi connectivity index (χ2v) is 18.1. The van der Waals surface area contributed by atoms with E-state index in [1.54, 1.807) is 0 Å². The lowest BCUT2D eigenvalue weighted by atomic mass is 9.93. The van der Waals surface area contributed by atoms with Crippen LogP contribution in [0.15, 0.2) is 243 Å². The number of fused-ring (bicyclic) bond motifs is 6. The number of para-hydroxylation sites is 4. The van der Waals surface area contributed by atoms with Gasteiger partial charge in [-0.1, -0.05) is 164 Å². The molecule has 0 atom stereocenters. The fourth-order valence-corrected chi connectivity index (χ4v) is 11.8. The zero-order valence-corrected chi connectivity index (χ0v) is 36.4. The molecule has 2 heterocycles. The average molecular weight is 853 g/mol. The molecule has 2 aromatic heterocycles. The van der Waals surface area contributed by atoms with E-state index in [1.165, 1.54) is 79.4 Å². The molecule has 4 heteroatoms. The van der Waals surface area contributed by atoms with Crippen molar-refractivity contribution in [1.82, 2.24) is 0 Å². The molecule has 2 nitrogen and oxygen atoms in total. The van der Waals surface area contributed by atoms with Gasteiger partial charge in [0.25, 0.3) is 0 Å². The number of thiophene rings is 2. The molecular weight excluding hydrogens is 813 g/mol. The van der Waals surface area contributed by atoms with Gasteiger partial charge in [-0.2, -0.15) is 0 Å². The van der Waals surface area contributed by atoms with Crippen molar-refractivity contribution in [1.29, 1.82) is 0 Å². The lowest BCUT2D eigenvalue weighted by molar-refractivity contribution is 1.28. The Morgan fingerprint density at radius 3 is 1.09 bits per heavy atom. The molecule has 0 amide bonds. The summed E-state index contributed by atoms with van der Waals surface area (Å²) < 4.78 is 5.19. The highest BCUT2D eigenvalue weighted by Gasteiger charge is 2.22. The summed E-state index contributed by atoms with van der Waals surface area (Å²) >= 11 is 3.77. The third kappa shape index (κ3) is 6.63. The Morgan fingerprint density at radius 1 is 0.250 bits per heavy atom. The van der Waals surface area contributed by atoms with Crippen molar-refractivity contribution in [3.8, 4) is 33.4 Å². The molecule has 0 aliphatic carbocycles. The highest BCUT2D eigenvalue weighted by atomic mass is 32.1. The molecule has 0 radical (unpaired) electrons. The van der Waals surface area contributed by atoms with Gasteiger partial charge in [-0.25, -0.2) is 0 Å². The smallest absolute Gasteiger partial charge is 0.0555 e. The van der Waals surface area contributed by atoms with Crippen LogP contribution in [0.1, 0.15) is 0 Å². The van der Waals surface area contributed by atoms with Crippen molar-refractivity contribution in [2.75, 3.05) is 9.80 Å². The average Bonchev–Trinajstić information content (AvgIpc) is 3.96. The molecule has 0 unspecified atom stereocenters. The maximum Gasteiger partial charge on any atom is 0.0555 e. The fourth-order valence-electron chi connectivity index (χ4n) is 9.32. The van der Waals surface area contributed by atoms with Crippen molar-refractivity contribution >= 4 is 97.1 Å². The summed E-state index contributed by atoms with van der Waals surface area (Å²) in [6.07, 6.45) is 0. The van der Waals surface area contributed by atoms with E-state index in [9.17, 15) is 0 Å². The SMILES string of the molecule is c1ccc(N(c2ccccc2)c2ccc(-c3ccc(-c4ccc(-c5ccc(N(c6ccccc6)c6ccccc6)c6c5sc5ccccc56)cc4)c4sc5ccccc5c34)cc2)cc1. The minimum Gasteiger partial charge on any atom is -0.311 e. The van der Waals surface area contributed by atoms with Gasteiger partial charge in [0.15, 0.2) is 0 Å². The van der Waals surface area contributed by atoms with E-state index in [2.05, 4.69) is 252 Å². The Labute approximate surface area is 380 Å². The van der Waals surface area contributed by atoms with Crippen molar-refractivity contribution in [2.24, 2.45) is 0 Å². The molecule has 0 aliphatic rings. The molecule has 0 saturated heterocycles. The van der Waals surface area contributed by atoms with Crippen molar-refractivity contribution in [3.05, 3.63) is 243 Å². The van der Waals surface area contributed by atoms with E-state index in [0.717, 1.165) is 28.4 Å². The normalized spacial score (nSPS) is 11.4. The van der Waals surface area contributed by atoms with Crippen molar-refractivity contribution in [2.45, 2.75) is 0 Å². The number of rotatable bonds is 9. The maximum atomic E-state index is 2.40. The van der Waals surface area contributed by atoms with Crippen molar-refractivity contribution in [3.63, 3.8) is 0 Å². The molecule has 302 valence electrons. The minimum absolute atomic E-state index is 1.12. The summed E-state index contributed by atoms with van der Waals surface area (Å²) in [5, 5.41) is 5.15. The van der Waals surface area contributed by atoms with Crippen LogP contribution in [0.5, 0.6) is 0 Å². The lowest BCUT2D eigenvalue weighted by Gasteiger charge is -2.27. The Morgan fingerprint density at radius 2 is 0.594 bits per heavy atom. The Balaban J connectivity index is 0.947. The number of anilines is 6. The second-order valence-electron chi connectivity index (χ2n) is 16.0. The summed E-state index contributed by atoms with van der Waals surface area (Å²) in [4.78, 5) is 4.71. The summed E-state index contributed by atoms with van der Waals surface area (Å²) in [6, 6.07) is 88.0. The lowest BCUT2D eigenvalue weighted by Crippen LogP contribution is -2.10. The third-order valence-electron chi connectivity index (χ3n) is 12.3. The first-order chi connectivity index (χ1) is 31.8. The quantitative estimate of drug-likeness (QED) is 0.143. The molecular formula is C60H40N2S2. The van der Waals surface area contributed by atoms with E-state index >= 15 is 0 Å². The van der Waals surface area contributed by atoms with Gasteiger partial charge in [0, 0.05) is 68.8 Å². The first-order valence-corrected chi connectivity index (χ1v) is 23.3.